The standard InChI is InChI=1S/C7H18N2O2.2C2H6/c1-9-3-5-11-7-6-10-4-2-8;2*1-2/h9H,2-8H2,1H3;2*1-2H3. The molecule has 0 aliphatic heterocycles. The predicted octanol–water partition coefficient (Wildman–Crippen LogP) is 1.25. The number of likely N-dealkylation sites (N-methyl/N-ethyl adjacent to an activating group) is 1. The van der Waals surface area contributed by atoms with Gasteiger partial charge in [-0.1, -0.05) is 27.7 Å². The average molecular weight is 222 g/mol. The van der Waals surface area contributed by atoms with E-state index < -0.39 is 0 Å². The molecule has 0 aliphatic carbocycles. The minimum atomic E-state index is 0.580. The molecule has 0 heterocycles. The van der Waals surface area contributed by atoms with E-state index in [4.69, 9.17) is 15.2 Å². The van der Waals surface area contributed by atoms with Gasteiger partial charge in [0, 0.05) is 13.1 Å². The number of hydrogen-bond acceptors (Lipinski definition) is 4. The van der Waals surface area contributed by atoms with Gasteiger partial charge in [0.2, 0.25) is 0 Å². The zero-order valence-corrected chi connectivity index (χ0v) is 11.1. The predicted molar refractivity (Wildman–Crippen MR) is 67.3 cm³/mol. The van der Waals surface area contributed by atoms with Crippen LogP contribution in [0, 0.1) is 0 Å². The van der Waals surface area contributed by atoms with Crippen molar-refractivity contribution in [1.29, 1.82) is 0 Å². The average Bonchev–Trinajstić information content (AvgIpc) is 2.33. The molecule has 0 aromatic heterocycles. The Bertz CT molecular complexity index is 65.6. The minimum Gasteiger partial charge on any atom is -0.378 e. The monoisotopic (exact) mass is 222 g/mol. The molecule has 3 N–H and O–H groups in total. The Labute approximate surface area is 95.5 Å². The first-order valence-electron chi connectivity index (χ1n) is 5.92. The van der Waals surface area contributed by atoms with Gasteiger partial charge in [-0.25, -0.2) is 0 Å². The van der Waals surface area contributed by atoms with Crippen molar-refractivity contribution < 1.29 is 9.47 Å². The molecule has 0 aliphatic rings. The number of hydrogen-bond donors (Lipinski definition) is 2. The molecule has 0 saturated carbocycles. The number of rotatable bonds is 8. The van der Waals surface area contributed by atoms with Crippen molar-refractivity contribution >= 4 is 0 Å². The second-order valence-corrected chi connectivity index (χ2v) is 2.12. The lowest BCUT2D eigenvalue weighted by Crippen LogP contribution is -2.17. The van der Waals surface area contributed by atoms with Crippen LogP contribution in [-0.4, -0.2) is 46.6 Å². The maximum atomic E-state index is 5.22. The Morgan fingerprint density at radius 1 is 0.867 bits per heavy atom. The third-order valence-corrected chi connectivity index (χ3v) is 1.13. The highest BCUT2D eigenvalue weighted by molar-refractivity contribution is 4.36. The molecule has 0 radical (unpaired) electrons. The number of nitrogens with two attached hydrogens (primary N) is 1. The van der Waals surface area contributed by atoms with Crippen LogP contribution in [0.15, 0.2) is 0 Å². The van der Waals surface area contributed by atoms with Crippen molar-refractivity contribution in [1.82, 2.24) is 5.32 Å². The normalized spacial score (nSPS) is 8.40. The molecule has 4 nitrogen and oxygen atoms in total. The summed E-state index contributed by atoms with van der Waals surface area (Å²) in [5.41, 5.74) is 5.22. The van der Waals surface area contributed by atoms with Gasteiger partial charge in [0.25, 0.3) is 0 Å². The van der Waals surface area contributed by atoms with E-state index in [-0.39, 0.29) is 0 Å². The second kappa shape index (κ2) is 29.2. The van der Waals surface area contributed by atoms with Gasteiger partial charge >= 0.3 is 0 Å². The summed E-state index contributed by atoms with van der Waals surface area (Å²) in [6.45, 7) is 12.1. The zero-order chi connectivity index (χ0) is 12.4. The van der Waals surface area contributed by atoms with Crippen LogP contribution in [0.5, 0.6) is 0 Å². The molecule has 0 aromatic carbocycles. The summed E-state index contributed by atoms with van der Waals surface area (Å²) in [6.07, 6.45) is 0. The molecule has 0 amide bonds. The van der Waals surface area contributed by atoms with Crippen LogP contribution < -0.4 is 11.1 Å². The Morgan fingerprint density at radius 3 is 1.73 bits per heavy atom. The molecule has 15 heavy (non-hydrogen) atoms. The molecular formula is C11H30N2O2. The molecular weight excluding hydrogens is 192 g/mol. The Morgan fingerprint density at radius 2 is 1.33 bits per heavy atom. The number of nitrogens with one attached hydrogen (secondary N) is 1. The first-order chi connectivity index (χ1) is 7.41. The van der Waals surface area contributed by atoms with Gasteiger partial charge in [0.15, 0.2) is 0 Å². The van der Waals surface area contributed by atoms with Crippen LogP contribution in [0.25, 0.3) is 0 Å². The Balaban J connectivity index is -0.000000318. The number of ether oxygens (including phenoxy) is 2. The van der Waals surface area contributed by atoms with Gasteiger partial charge in [0.1, 0.15) is 0 Å². The zero-order valence-electron chi connectivity index (χ0n) is 11.1. The third kappa shape index (κ3) is 31.6. The van der Waals surface area contributed by atoms with E-state index in [0.29, 0.717) is 26.4 Å². The van der Waals surface area contributed by atoms with Crippen LogP contribution in [0.4, 0.5) is 0 Å². The first-order valence-corrected chi connectivity index (χ1v) is 5.92. The van der Waals surface area contributed by atoms with Crippen LogP contribution >= 0.6 is 0 Å². The molecule has 0 saturated heterocycles. The van der Waals surface area contributed by atoms with E-state index in [2.05, 4.69) is 5.32 Å². The summed E-state index contributed by atoms with van der Waals surface area (Å²) in [6, 6.07) is 0. The minimum absolute atomic E-state index is 0.580. The molecule has 0 spiro atoms. The first kappa shape index (κ1) is 20.3. The summed E-state index contributed by atoms with van der Waals surface area (Å²) in [4.78, 5) is 0. The van der Waals surface area contributed by atoms with E-state index in [1.807, 2.05) is 34.7 Å². The second-order valence-electron chi connectivity index (χ2n) is 2.12. The molecule has 0 aromatic rings. The van der Waals surface area contributed by atoms with Crippen LogP contribution in [-0.2, 0) is 9.47 Å². The van der Waals surface area contributed by atoms with E-state index in [9.17, 15) is 0 Å². The highest BCUT2D eigenvalue weighted by Crippen LogP contribution is 1.76. The van der Waals surface area contributed by atoms with E-state index in [1.54, 1.807) is 0 Å². The summed E-state index contributed by atoms with van der Waals surface area (Å²) in [5.74, 6) is 0. The molecule has 0 unspecified atom stereocenters. The highest BCUT2D eigenvalue weighted by Gasteiger charge is 1.87. The van der Waals surface area contributed by atoms with Crippen LogP contribution in [0.2, 0.25) is 0 Å². The third-order valence-electron chi connectivity index (χ3n) is 1.13. The lowest BCUT2D eigenvalue weighted by Gasteiger charge is -2.03. The van der Waals surface area contributed by atoms with Gasteiger partial charge in [0.05, 0.1) is 26.4 Å². The maximum Gasteiger partial charge on any atom is 0.0701 e. The van der Waals surface area contributed by atoms with Gasteiger partial charge in [-0.15, -0.1) is 0 Å². The lowest BCUT2D eigenvalue weighted by molar-refractivity contribution is 0.0523. The molecule has 0 rings (SSSR count). The van der Waals surface area contributed by atoms with Crippen molar-refractivity contribution in [3.8, 4) is 0 Å². The van der Waals surface area contributed by atoms with Crippen LogP contribution in [0.1, 0.15) is 27.7 Å². The van der Waals surface area contributed by atoms with Crippen molar-refractivity contribution in [2.75, 3.05) is 46.6 Å². The van der Waals surface area contributed by atoms with E-state index in [1.165, 1.54) is 0 Å². The SMILES string of the molecule is CC.CC.CNCCOCCOCCN. The highest BCUT2D eigenvalue weighted by atomic mass is 16.5. The van der Waals surface area contributed by atoms with E-state index >= 15 is 0 Å². The summed E-state index contributed by atoms with van der Waals surface area (Å²) in [7, 11) is 1.90. The lowest BCUT2D eigenvalue weighted by atomic mass is 10.6. The summed E-state index contributed by atoms with van der Waals surface area (Å²) in [5, 5.41) is 2.98. The smallest absolute Gasteiger partial charge is 0.0701 e. The molecule has 96 valence electrons. The fraction of sp³-hybridized carbons (Fsp3) is 1.00. The summed E-state index contributed by atoms with van der Waals surface area (Å²) >= 11 is 0. The Kier molecular flexibility index (Phi) is 39.5. The maximum absolute atomic E-state index is 5.22. The van der Waals surface area contributed by atoms with Gasteiger partial charge in [-0.05, 0) is 7.05 Å². The van der Waals surface area contributed by atoms with Crippen molar-refractivity contribution in [2.45, 2.75) is 27.7 Å². The fourth-order valence-electron chi connectivity index (χ4n) is 0.580. The summed E-state index contributed by atoms with van der Waals surface area (Å²) < 4.78 is 10.3. The largest absolute Gasteiger partial charge is 0.378 e. The van der Waals surface area contributed by atoms with E-state index in [0.717, 1.165) is 13.2 Å². The van der Waals surface area contributed by atoms with Gasteiger partial charge < -0.3 is 20.5 Å². The fourth-order valence-corrected chi connectivity index (χ4v) is 0.580. The van der Waals surface area contributed by atoms with Crippen LogP contribution in [0.3, 0.4) is 0 Å². The van der Waals surface area contributed by atoms with Crippen molar-refractivity contribution in [3.63, 3.8) is 0 Å². The van der Waals surface area contributed by atoms with Gasteiger partial charge in [-0.3, -0.25) is 0 Å². The molecule has 0 fully saturated rings. The molecule has 0 atom stereocenters. The Hall–Kier alpha value is -0.160. The topological polar surface area (TPSA) is 56.5 Å². The van der Waals surface area contributed by atoms with Crippen molar-refractivity contribution in [2.24, 2.45) is 5.73 Å². The van der Waals surface area contributed by atoms with Gasteiger partial charge in [-0.2, -0.15) is 0 Å². The van der Waals surface area contributed by atoms with Crippen molar-refractivity contribution in [3.05, 3.63) is 0 Å². The molecule has 0 bridgehead atoms. The quantitative estimate of drug-likeness (QED) is 0.607. The molecule has 4 heteroatoms.